The minimum absolute atomic E-state index is 0.288. The second-order valence-corrected chi connectivity index (χ2v) is 10.9. The molecule has 0 aliphatic carbocycles. The van der Waals surface area contributed by atoms with E-state index in [-0.39, 0.29) is 5.97 Å². The molecule has 0 saturated carbocycles. The number of ether oxygens (including phenoxy) is 1. The van der Waals surface area contributed by atoms with Crippen molar-refractivity contribution in [3.63, 3.8) is 0 Å². The molecule has 24 heavy (non-hydrogen) atoms. The summed E-state index contributed by atoms with van der Waals surface area (Å²) in [5, 5.41) is 2.78. The van der Waals surface area contributed by atoms with E-state index in [0.717, 1.165) is 5.56 Å². The lowest BCUT2D eigenvalue weighted by Gasteiger charge is -2.28. The van der Waals surface area contributed by atoms with E-state index in [2.05, 4.69) is 69.4 Å². The molecule has 0 bridgehead atoms. The molecule has 0 aliphatic rings. The third kappa shape index (κ3) is 3.85. The van der Waals surface area contributed by atoms with Gasteiger partial charge in [0.25, 0.3) is 0 Å². The molecule has 2 nitrogen and oxygen atoms in total. The number of aryl methyl sites for hydroxylation is 2. The largest absolute Gasteiger partial charge is 0.463 e. The number of benzene rings is 2. The van der Waals surface area contributed by atoms with E-state index in [1.807, 2.05) is 13.0 Å². The fraction of sp³-hybridized carbons (Fsp3) is 0.286. The van der Waals surface area contributed by atoms with Gasteiger partial charge in [-0.1, -0.05) is 66.3 Å². The van der Waals surface area contributed by atoms with Gasteiger partial charge in [-0.05, 0) is 43.2 Å². The van der Waals surface area contributed by atoms with E-state index >= 15 is 0 Å². The molecule has 3 heteroatoms. The topological polar surface area (TPSA) is 26.3 Å². The van der Waals surface area contributed by atoms with Crippen LogP contribution in [0.4, 0.5) is 0 Å². The van der Waals surface area contributed by atoms with Gasteiger partial charge in [0, 0.05) is 6.08 Å². The maximum Gasteiger partial charge on any atom is 0.330 e. The zero-order chi connectivity index (χ0) is 17.7. The average molecular weight is 339 g/mol. The van der Waals surface area contributed by atoms with Gasteiger partial charge in [0.05, 0.1) is 6.61 Å². The van der Waals surface area contributed by atoms with Crippen molar-refractivity contribution in [1.82, 2.24) is 0 Å². The smallest absolute Gasteiger partial charge is 0.330 e. The predicted octanol–water partition coefficient (Wildman–Crippen LogP) is 3.70. The first-order valence-electron chi connectivity index (χ1n) is 8.39. The number of hydrogen-bond donors (Lipinski definition) is 0. The van der Waals surface area contributed by atoms with Gasteiger partial charge in [0.2, 0.25) is 0 Å². The van der Waals surface area contributed by atoms with Crippen LogP contribution < -0.4 is 10.4 Å². The maximum atomic E-state index is 11.7. The van der Waals surface area contributed by atoms with E-state index in [9.17, 15) is 4.79 Å². The quantitative estimate of drug-likeness (QED) is 0.472. The van der Waals surface area contributed by atoms with Gasteiger partial charge in [-0.3, -0.25) is 0 Å². The summed E-state index contributed by atoms with van der Waals surface area (Å²) in [7, 11) is -1.87. The van der Waals surface area contributed by atoms with Crippen molar-refractivity contribution in [1.29, 1.82) is 0 Å². The molecule has 0 N–H and O–H groups in total. The van der Waals surface area contributed by atoms with Crippen LogP contribution in [0.1, 0.15) is 23.6 Å². The summed E-state index contributed by atoms with van der Waals surface area (Å²) in [5.41, 5.74) is 3.63. The lowest BCUT2D eigenvalue weighted by Crippen LogP contribution is -2.55. The van der Waals surface area contributed by atoms with Crippen molar-refractivity contribution < 1.29 is 9.53 Å². The van der Waals surface area contributed by atoms with Crippen LogP contribution in [0.25, 0.3) is 6.08 Å². The van der Waals surface area contributed by atoms with Gasteiger partial charge in [0.15, 0.2) is 0 Å². The standard InChI is InChI=1S/C21H26O2Si/c1-6-23-20(22)15-14-19-16(2)12-13-17(3)21(19)24(4,5)18-10-8-7-9-11-18/h7-15H,6H2,1-5H3/b15-14+. The molecule has 2 aromatic carbocycles. The molecule has 0 spiro atoms. The summed E-state index contributed by atoms with van der Waals surface area (Å²) in [6.07, 6.45) is 3.47. The molecular weight excluding hydrogens is 312 g/mol. The highest BCUT2D eigenvalue weighted by Crippen LogP contribution is 2.17. The van der Waals surface area contributed by atoms with E-state index in [4.69, 9.17) is 4.74 Å². The molecule has 0 amide bonds. The van der Waals surface area contributed by atoms with Crippen molar-refractivity contribution >= 4 is 30.5 Å². The molecular formula is C21H26O2Si. The Balaban J connectivity index is 2.57. The van der Waals surface area contributed by atoms with E-state index in [0.29, 0.717) is 6.61 Å². The SMILES string of the molecule is CCOC(=O)/C=C/c1c(C)ccc(C)c1[Si](C)(C)c1ccccc1. The lowest BCUT2D eigenvalue weighted by molar-refractivity contribution is -0.137. The normalized spacial score (nSPS) is 11.7. The van der Waals surface area contributed by atoms with Crippen LogP contribution in [0.15, 0.2) is 48.5 Å². The van der Waals surface area contributed by atoms with Gasteiger partial charge in [-0.2, -0.15) is 0 Å². The summed E-state index contributed by atoms with van der Waals surface area (Å²) in [6, 6.07) is 15.0. The highest BCUT2D eigenvalue weighted by molar-refractivity contribution is 7.01. The minimum atomic E-state index is -1.87. The summed E-state index contributed by atoms with van der Waals surface area (Å²) in [5.74, 6) is -0.288. The fourth-order valence-electron chi connectivity index (χ4n) is 3.22. The Morgan fingerprint density at radius 3 is 2.29 bits per heavy atom. The van der Waals surface area contributed by atoms with E-state index < -0.39 is 8.07 Å². The minimum Gasteiger partial charge on any atom is -0.463 e. The first-order chi connectivity index (χ1) is 11.4. The maximum absolute atomic E-state index is 11.7. The molecule has 0 aromatic heterocycles. The number of rotatable bonds is 5. The molecule has 0 fully saturated rings. The Bertz CT molecular complexity index is 746. The molecule has 126 valence electrons. The molecule has 0 unspecified atom stereocenters. The van der Waals surface area contributed by atoms with Gasteiger partial charge >= 0.3 is 5.97 Å². The van der Waals surface area contributed by atoms with Gasteiger partial charge in [-0.15, -0.1) is 0 Å². The van der Waals surface area contributed by atoms with Crippen LogP contribution in [0, 0.1) is 13.8 Å². The zero-order valence-corrected chi connectivity index (χ0v) is 16.2. The Hall–Kier alpha value is -2.13. The molecule has 0 radical (unpaired) electrons. The van der Waals surface area contributed by atoms with Crippen molar-refractivity contribution in [2.24, 2.45) is 0 Å². The van der Waals surface area contributed by atoms with Gasteiger partial charge in [0.1, 0.15) is 8.07 Å². The highest BCUT2D eigenvalue weighted by atomic mass is 28.3. The van der Waals surface area contributed by atoms with E-state index in [1.165, 1.54) is 21.5 Å². The Labute approximate surface area is 146 Å². The lowest BCUT2D eigenvalue weighted by atomic mass is 10.0. The predicted molar refractivity (Wildman–Crippen MR) is 105 cm³/mol. The highest BCUT2D eigenvalue weighted by Gasteiger charge is 2.30. The van der Waals surface area contributed by atoms with Crippen molar-refractivity contribution in [3.8, 4) is 0 Å². The van der Waals surface area contributed by atoms with Crippen molar-refractivity contribution in [3.05, 3.63) is 65.2 Å². The van der Waals surface area contributed by atoms with Crippen molar-refractivity contribution in [2.45, 2.75) is 33.9 Å². The Kier molecular flexibility index (Phi) is 5.78. The van der Waals surface area contributed by atoms with Gasteiger partial charge < -0.3 is 4.74 Å². The summed E-state index contributed by atoms with van der Waals surface area (Å²) in [6.45, 7) is 11.2. The van der Waals surface area contributed by atoms with Gasteiger partial charge in [-0.25, -0.2) is 4.79 Å². The third-order valence-electron chi connectivity index (χ3n) is 4.47. The Morgan fingerprint density at radius 2 is 1.67 bits per heavy atom. The molecule has 2 rings (SSSR count). The average Bonchev–Trinajstić information content (AvgIpc) is 2.56. The second-order valence-electron chi connectivity index (χ2n) is 6.56. The van der Waals surface area contributed by atoms with Crippen LogP contribution in [0.2, 0.25) is 13.1 Å². The number of esters is 1. The number of carbonyl (C=O) groups is 1. The second kappa shape index (κ2) is 7.62. The number of hydrogen-bond acceptors (Lipinski definition) is 2. The van der Waals surface area contributed by atoms with Crippen LogP contribution in [0.5, 0.6) is 0 Å². The summed E-state index contributed by atoms with van der Waals surface area (Å²) in [4.78, 5) is 11.7. The zero-order valence-electron chi connectivity index (χ0n) is 15.2. The molecule has 2 aromatic rings. The fourth-order valence-corrected chi connectivity index (χ4v) is 6.56. The molecule has 0 atom stereocenters. The molecule has 0 aliphatic heterocycles. The van der Waals surface area contributed by atoms with Crippen LogP contribution in [-0.2, 0) is 9.53 Å². The number of carbonyl (C=O) groups excluding carboxylic acids is 1. The molecule has 0 saturated heterocycles. The Morgan fingerprint density at radius 1 is 1.04 bits per heavy atom. The van der Waals surface area contributed by atoms with Crippen LogP contribution in [-0.4, -0.2) is 20.7 Å². The summed E-state index contributed by atoms with van der Waals surface area (Å²) >= 11 is 0. The summed E-state index contributed by atoms with van der Waals surface area (Å²) < 4.78 is 5.03. The van der Waals surface area contributed by atoms with Crippen LogP contribution >= 0.6 is 0 Å². The first-order valence-corrected chi connectivity index (χ1v) is 11.4. The first kappa shape index (κ1) is 18.2. The van der Waals surface area contributed by atoms with Crippen LogP contribution in [0.3, 0.4) is 0 Å². The van der Waals surface area contributed by atoms with Crippen molar-refractivity contribution in [2.75, 3.05) is 6.61 Å². The van der Waals surface area contributed by atoms with E-state index in [1.54, 1.807) is 6.08 Å². The molecule has 0 heterocycles. The third-order valence-corrected chi connectivity index (χ3v) is 8.16. The monoisotopic (exact) mass is 338 g/mol.